The number of aliphatic hydroxyl groups is 3. The highest BCUT2D eigenvalue weighted by Gasteiger charge is 2.57. The first kappa shape index (κ1) is 27.6. The molecule has 8 atom stereocenters. The van der Waals surface area contributed by atoms with Gasteiger partial charge in [0.15, 0.2) is 12.2 Å². The van der Waals surface area contributed by atoms with Crippen LogP contribution in [0.3, 0.4) is 0 Å². The highest BCUT2D eigenvalue weighted by atomic mass is 16.6. The van der Waals surface area contributed by atoms with Gasteiger partial charge in [-0.2, -0.15) is 0 Å². The third-order valence-corrected chi connectivity index (χ3v) is 9.51. The zero-order chi connectivity index (χ0) is 27.0. The Hall–Kier alpha value is -2.48. The summed E-state index contributed by atoms with van der Waals surface area (Å²) in [5.41, 5.74) is 1.41. The monoisotopic (exact) mass is 512 g/mol. The van der Waals surface area contributed by atoms with Crippen molar-refractivity contribution >= 4 is 11.9 Å². The van der Waals surface area contributed by atoms with Gasteiger partial charge in [-0.3, -0.25) is 0 Å². The number of aliphatic hydroxyl groups excluding tert-OH is 3. The number of hydrogen-bond acceptors (Lipinski definition) is 7. The van der Waals surface area contributed by atoms with Gasteiger partial charge in [-0.1, -0.05) is 69.3 Å². The van der Waals surface area contributed by atoms with E-state index in [1.165, 1.54) is 0 Å². The lowest BCUT2D eigenvalue weighted by atomic mass is 9.46. The topological polar surface area (TPSA) is 113 Å². The largest absolute Gasteiger partial charge is 0.458 e. The van der Waals surface area contributed by atoms with Gasteiger partial charge in [0.2, 0.25) is 0 Å². The summed E-state index contributed by atoms with van der Waals surface area (Å²) in [7, 11) is 0. The Labute approximate surface area is 219 Å². The molecule has 0 bridgehead atoms. The number of allylic oxidation sites excluding steroid dienone is 2. The average molecular weight is 513 g/mol. The molecule has 3 fully saturated rings. The normalized spacial score (nSPS) is 36.5. The van der Waals surface area contributed by atoms with Gasteiger partial charge >= 0.3 is 11.9 Å². The molecule has 0 spiro atoms. The Bertz CT molecular complexity index is 1050. The lowest BCUT2D eigenvalue weighted by Crippen LogP contribution is -2.57. The molecule has 4 rings (SSSR count). The highest BCUT2D eigenvalue weighted by Crippen LogP contribution is 2.61. The smallest absolute Gasteiger partial charge is 0.337 e. The van der Waals surface area contributed by atoms with Crippen LogP contribution in [0.25, 0.3) is 0 Å². The molecule has 3 N–H and O–H groups in total. The van der Waals surface area contributed by atoms with E-state index in [0.29, 0.717) is 12.8 Å². The SMILES string of the molecule is C=C1CCC2[C@](C)(CO)C(O)CC[C@]2(C)[C@H]1C/C=C1/C(=O)OCC1OC(=O)C(O)[C@@H](C)c1ccccc1. The van der Waals surface area contributed by atoms with Gasteiger partial charge in [0.25, 0.3) is 0 Å². The number of esters is 2. The number of hydrogen-bond donors (Lipinski definition) is 3. The van der Waals surface area contributed by atoms with E-state index in [0.717, 1.165) is 30.4 Å². The molecule has 4 unspecified atom stereocenters. The van der Waals surface area contributed by atoms with Crippen molar-refractivity contribution in [2.75, 3.05) is 13.2 Å². The van der Waals surface area contributed by atoms with Crippen LogP contribution in [-0.4, -0.2) is 58.8 Å². The minimum atomic E-state index is -1.37. The molecule has 0 aromatic heterocycles. The molecule has 7 heteroatoms. The van der Waals surface area contributed by atoms with E-state index >= 15 is 0 Å². The molecule has 1 saturated heterocycles. The molecular weight excluding hydrogens is 472 g/mol. The lowest BCUT2D eigenvalue weighted by molar-refractivity contribution is -0.159. The summed E-state index contributed by atoms with van der Waals surface area (Å²) in [6.45, 7) is 10.1. The minimum absolute atomic E-state index is 0.0468. The molecule has 2 saturated carbocycles. The quantitative estimate of drug-likeness (QED) is 0.290. The summed E-state index contributed by atoms with van der Waals surface area (Å²) in [5, 5.41) is 31.5. The molecular formula is C30H40O7. The molecule has 1 heterocycles. The van der Waals surface area contributed by atoms with Crippen molar-refractivity contribution in [2.24, 2.45) is 22.7 Å². The number of rotatable bonds is 7. The van der Waals surface area contributed by atoms with E-state index in [1.807, 2.05) is 37.3 Å². The summed E-state index contributed by atoms with van der Waals surface area (Å²) in [5.74, 6) is -1.62. The first-order valence-corrected chi connectivity index (χ1v) is 13.3. The molecule has 0 amide bonds. The van der Waals surface area contributed by atoms with Gasteiger partial charge in [-0.15, -0.1) is 0 Å². The predicted octanol–water partition coefficient (Wildman–Crippen LogP) is 3.68. The third kappa shape index (κ3) is 5.01. The standard InChI is InChI=1S/C30H40O7/c1-18-10-13-24-29(3,15-14-25(32)30(24,4)17-31)22(18)12-11-21-23(16-36-27(21)34)37-28(35)26(33)19(2)20-8-6-5-7-9-20/h5-9,11,19,22-26,31-33H,1,10,12-17H2,2-4H3/b21-11+/t19-,22-,23?,24?,25?,26?,29+,30-/m0/s1. The molecule has 2 aliphatic carbocycles. The maximum atomic E-state index is 12.8. The van der Waals surface area contributed by atoms with E-state index in [2.05, 4.69) is 13.5 Å². The van der Waals surface area contributed by atoms with Crippen molar-refractivity contribution in [3.63, 3.8) is 0 Å². The van der Waals surface area contributed by atoms with Crippen molar-refractivity contribution in [2.45, 2.75) is 77.1 Å². The minimum Gasteiger partial charge on any atom is -0.458 e. The number of ether oxygens (including phenoxy) is 2. The van der Waals surface area contributed by atoms with Crippen LogP contribution in [0.1, 0.15) is 64.4 Å². The van der Waals surface area contributed by atoms with Crippen LogP contribution < -0.4 is 0 Å². The van der Waals surface area contributed by atoms with E-state index in [1.54, 1.807) is 13.0 Å². The van der Waals surface area contributed by atoms with Gasteiger partial charge in [0, 0.05) is 11.3 Å². The predicted molar refractivity (Wildman–Crippen MR) is 138 cm³/mol. The summed E-state index contributed by atoms with van der Waals surface area (Å²) in [6.07, 6.45) is 2.56. The van der Waals surface area contributed by atoms with Gasteiger partial charge < -0.3 is 24.8 Å². The van der Waals surface area contributed by atoms with E-state index in [9.17, 15) is 24.9 Å². The second-order valence-corrected chi connectivity index (χ2v) is 11.6. The second-order valence-electron chi connectivity index (χ2n) is 11.6. The molecule has 7 nitrogen and oxygen atoms in total. The fourth-order valence-corrected chi connectivity index (χ4v) is 7.00. The van der Waals surface area contributed by atoms with E-state index < -0.39 is 41.6 Å². The van der Waals surface area contributed by atoms with Gasteiger partial charge in [0.05, 0.1) is 18.3 Å². The number of benzene rings is 1. The number of cyclic esters (lactones) is 1. The Morgan fingerprint density at radius 2 is 1.97 bits per heavy atom. The molecule has 202 valence electrons. The number of fused-ring (bicyclic) bond motifs is 1. The number of carbonyl (C=O) groups is 2. The van der Waals surface area contributed by atoms with Gasteiger partial charge in [0.1, 0.15) is 6.61 Å². The Kier molecular flexibility index (Phi) is 7.98. The van der Waals surface area contributed by atoms with Gasteiger partial charge in [-0.05, 0) is 54.9 Å². The second kappa shape index (κ2) is 10.7. The van der Waals surface area contributed by atoms with Crippen LogP contribution in [0, 0.1) is 22.7 Å². The fraction of sp³-hybridized carbons (Fsp3) is 0.600. The Balaban J connectivity index is 1.50. The van der Waals surface area contributed by atoms with Gasteiger partial charge in [-0.25, -0.2) is 9.59 Å². The molecule has 0 radical (unpaired) electrons. The maximum absolute atomic E-state index is 12.8. The van der Waals surface area contributed by atoms with Crippen molar-refractivity contribution in [3.8, 4) is 0 Å². The van der Waals surface area contributed by atoms with Crippen LogP contribution in [0.4, 0.5) is 0 Å². The van der Waals surface area contributed by atoms with Crippen molar-refractivity contribution in [1.82, 2.24) is 0 Å². The van der Waals surface area contributed by atoms with Crippen molar-refractivity contribution in [3.05, 3.63) is 59.7 Å². The summed E-state index contributed by atoms with van der Waals surface area (Å²) in [4.78, 5) is 25.3. The van der Waals surface area contributed by atoms with E-state index in [4.69, 9.17) is 9.47 Å². The lowest BCUT2D eigenvalue weighted by Gasteiger charge is -2.59. The van der Waals surface area contributed by atoms with Crippen molar-refractivity contribution < 1.29 is 34.4 Å². The van der Waals surface area contributed by atoms with Crippen LogP contribution in [0.15, 0.2) is 54.1 Å². The number of carbonyl (C=O) groups excluding carboxylic acids is 2. The van der Waals surface area contributed by atoms with Crippen molar-refractivity contribution in [1.29, 1.82) is 0 Å². The van der Waals surface area contributed by atoms with Crippen LogP contribution in [0.5, 0.6) is 0 Å². The zero-order valence-corrected chi connectivity index (χ0v) is 22.1. The Morgan fingerprint density at radius 3 is 2.65 bits per heavy atom. The summed E-state index contributed by atoms with van der Waals surface area (Å²) < 4.78 is 10.8. The Morgan fingerprint density at radius 1 is 1.27 bits per heavy atom. The molecule has 37 heavy (non-hydrogen) atoms. The maximum Gasteiger partial charge on any atom is 0.337 e. The van der Waals surface area contributed by atoms with Crippen LogP contribution in [-0.2, 0) is 19.1 Å². The average Bonchev–Trinajstić information content (AvgIpc) is 3.24. The molecule has 1 aliphatic heterocycles. The fourth-order valence-electron chi connectivity index (χ4n) is 7.00. The van der Waals surface area contributed by atoms with Crippen LogP contribution >= 0.6 is 0 Å². The molecule has 1 aromatic rings. The highest BCUT2D eigenvalue weighted by molar-refractivity contribution is 5.92. The zero-order valence-electron chi connectivity index (χ0n) is 22.1. The molecule has 3 aliphatic rings. The summed E-state index contributed by atoms with van der Waals surface area (Å²) in [6, 6.07) is 9.23. The summed E-state index contributed by atoms with van der Waals surface area (Å²) >= 11 is 0. The molecule has 1 aromatic carbocycles. The van der Waals surface area contributed by atoms with Crippen LogP contribution in [0.2, 0.25) is 0 Å². The first-order chi connectivity index (χ1) is 17.5. The van der Waals surface area contributed by atoms with E-state index in [-0.39, 0.29) is 36.0 Å². The first-order valence-electron chi connectivity index (χ1n) is 13.3. The third-order valence-electron chi connectivity index (χ3n) is 9.51.